The highest BCUT2D eigenvalue weighted by Gasteiger charge is 2.44. The average Bonchev–Trinajstić information content (AvgIpc) is 2.70. The molecule has 3 aromatic carbocycles. The minimum Gasteiger partial charge on any atom is -0.496 e. The smallest absolute Gasteiger partial charge is 0.237 e. The lowest BCUT2D eigenvalue weighted by Gasteiger charge is -2.34. The van der Waals surface area contributed by atoms with Crippen molar-refractivity contribution in [3.63, 3.8) is 0 Å². The van der Waals surface area contributed by atoms with Crippen LogP contribution >= 0.6 is 0 Å². The predicted molar refractivity (Wildman–Crippen MR) is 104 cm³/mol. The van der Waals surface area contributed by atoms with Crippen molar-refractivity contribution in [2.75, 3.05) is 7.11 Å². The molecule has 0 atom stereocenters. The highest BCUT2D eigenvalue weighted by Crippen LogP contribution is 2.43. The normalized spacial score (nSPS) is 11.2. The minimum atomic E-state index is -1.13. The van der Waals surface area contributed by atoms with Crippen molar-refractivity contribution in [2.45, 2.75) is 18.8 Å². The van der Waals surface area contributed by atoms with Crippen LogP contribution in [-0.4, -0.2) is 13.0 Å². The Balaban J connectivity index is 2.44. The van der Waals surface area contributed by atoms with Gasteiger partial charge in [-0.05, 0) is 29.2 Å². The highest BCUT2D eigenvalue weighted by molar-refractivity contribution is 5.95. The zero-order valence-electron chi connectivity index (χ0n) is 15.1. The molecule has 0 unspecified atom stereocenters. The summed E-state index contributed by atoms with van der Waals surface area (Å²) in [5, 5.41) is 0. The number of primary amides is 1. The summed E-state index contributed by atoms with van der Waals surface area (Å²) in [6.45, 7) is 2.09. The fourth-order valence-electron chi connectivity index (χ4n) is 3.54. The van der Waals surface area contributed by atoms with E-state index in [1.807, 2.05) is 78.9 Å². The molecule has 0 aliphatic heterocycles. The molecule has 132 valence electrons. The summed E-state index contributed by atoms with van der Waals surface area (Å²) in [5.41, 5.74) is 8.50. The van der Waals surface area contributed by atoms with Gasteiger partial charge in [-0.15, -0.1) is 0 Å². The number of carbonyl (C=O) groups excluding carboxylic acids is 1. The van der Waals surface area contributed by atoms with Gasteiger partial charge in [-0.1, -0.05) is 79.7 Å². The number of ether oxygens (including phenoxy) is 1. The van der Waals surface area contributed by atoms with Crippen LogP contribution in [-0.2, 0) is 16.6 Å². The van der Waals surface area contributed by atoms with Crippen LogP contribution in [0.4, 0.5) is 0 Å². The Morgan fingerprint density at radius 2 is 1.46 bits per heavy atom. The van der Waals surface area contributed by atoms with E-state index in [0.717, 1.165) is 28.7 Å². The molecule has 3 nitrogen and oxygen atoms in total. The molecule has 2 N–H and O–H groups in total. The number of hydrogen-bond acceptors (Lipinski definition) is 2. The van der Waals surface area contributed by atoms with Gasteiger partial charge in [-0.25, -0.2) is 0 Å². The van der Waals surface area contributed by atoms with E-state index in [4.69, 9.17) is 10.5 Å². The molecule has 3 aromatic rings. The van der Waals surface area contributed by atoms with Crippen LogP contribution in [0.5, 0.6) is 5.75 Å². The topological polar surface area (TPSA) is 52.3 Å². The maximum absolute atomic E-state index is 13.1. The maximum atomic E-state index is 13.1. The van der Waals surface area contributed by atoms with Gasteiger partial charge in [0, 0.05) is 5.56 Å². The lowest BCUT2D eigenvalue weighted by atomic mass is 9.68. The molecule has 0 aliphatic rings. The Labute approximate surface area is 154 Å². The van der Waals surface area contributed by atoms with Gasteiger partial charge in [0.15, 0.2) is 0 Å². The Kier molecular flexibility index (Phi) is 5.08. The monoisotopic (exact) mass is 345 g/mol. The molecule has 3 rings (SSSR count). The SMILES string of the molecule is CCc1ccc(OC)c(C(C(N)=O)(c2ccccc2)c2ccccc2)c1. The second kappa shape index (κ2) is 7.44. The lowest BCUT2D eigenvalue weighted by Crippen LogP contribution is -2.43. The summed E-state index contributed by atoms with van der Waals surface area (Å²) in [7, 11) is 1.62. The number of methoxy groups -OCH3 is 1. The van der Waals surface area contributed by atoms with E-state index in [-0.39, 0.29) is 0 Å². The van der Waals surface area contributed by atoms with Gasteiger partial charge < -0.3 is 10.5 Å². The van der Waals surface area contributed by atoms with Gasteiger partial charge in [0.05, 0.1) is 7.11 Å². The van der Waals surface area contributed by atoms with Gasteiger partial charge >= 0.3 is 0 Å². The number of carbonyl (C=O) groups is 1. The lowest BCUT2D eigenvalue weighted by molar-refractivity contribution is -0.121. The molecule has 0 heterocycles. The van der Waals surface area contributed by atoms with E-state index in [9.17, 15) is 4.79 Å². The number of hydrogen-bond donors (Lipinski definition) is 1. The molecule has 0 bridgehead atoms. The van der Waals surface area contributed by atoms with E-state index in [2.05, 4.69) is 6.92 Å². The van der Waals surface area contributed by atoms with Crippen molar-refractivity contribution in [1.82, 2.24) is 0 Å². The van der Waals surface area contributed by atoms with Crippen molar-refractivity contribution in [1.29, 1.82) is 0 Å². The standard InChI is InChI=1S/C23H23NO2/c1-3-17-14-15-21(26-2)20(16-17)23(22(24)25,18-10-6-4-7-11-18)19-12-8-5-9-13-19/h4-16H,3H2,1-2H3,(H2,24,25). The first-order valence-corrected chi connectivity index (χ1v) is 8.73. The third-order valence-corrected chi connectivity index (χ3v) is 4.86. The van der Waals surface area contributed by atoms with E-state index in [1.165, 1.54) is 0 Å². The van der Waals surface area contributed by atoms with Crippen LogP contribution in [0.25, 0.3) is 0 Å². The third-order valence-electron chi connectivity index (χ3n) is 4.86. The first kappa shape index (κ1) is 17.7. The summed E-state index contributed by atoms with van der Waals surface area (Å²) < 4.78 is 5.64. The Hall–Kier alpha value is -3.07. The Morgan fingerprint density at radius 1 is 0.923 bits per heavy atom. The fraction of sp³-hybridized carbons (Fsp3) is 0.174. The molecule has 0 spiro atoms. The zero-order valence-corrected chi connectivity index (χ0v) is 15.1. The fourth-order valence-corrected chi connectivity index (χ4v) is 3.54. The quantitative estimate of drug-likeness (QED) is 0.685. The Bertz CT molecular complexity index is 849. The Morgan fingerprint density at radius 3 is 1.88 bits per heavy atom. The van der Waals surface area contributed by atoms with Crippen LogP contribution in [0, 0.1) is 0 Å². The van der Waals surface area contributed by atoms with Gasteiger partial charge in [0.25, 0.3) is 0 Å². The van der Waals surface area contributed by atoms with Crippen molar-refractivity contribution >= 4 is 5.91 Å². The van der Waals surface area contributed by atoms with E-state index >= 15 is 0 Å². The van der Waals surface area contributed by atoms with Crippen LogP contribution in [0.15, 0.2) is 78.9 Å². The first-order chi connectivity index (χ1) is 12.6. The summed E-state index contributed by atoms with van der Waals surface area (Å²) in [6, 6.07) is 25.3. The highest BCUT2D eigenvalue weighted by atomic mass is 16.5. The molecule has 1 amide bonds. The van der Waals surface area contributed by atoms with Crippen LogP contribution in [0.3, 0.4) is 0 Å². The van der Waals surface area contributed by atoms with Gasteiger partial charge in [0.2, 0.25) is 5.91 Å². The summed E-state index contributed by atoms with van der Waals surface area (Å²) in [6.07, 6.45) is 0.857. The maximum Gasteiger partial charge on any atom is 0.237 e. The molecular formula is C23H23NO2. The molecule has 0 fully saturated rings. The average molecular weight is 345 g/mol. The third kappa shape index (κ3) is 2.86. The largest absolute Gasteiger partial charge is 0.496 e. The number of aryl methyl sites for hydroxylation is 1. The predicted octanol–water partition coefficient (Wildman–Crippen LogP) is 4.08. The summed E-state index contributed by atoms with van der Waals surface area (Å²) >= 11 is 0. The first-order valence-electron chi connectivity index (χ1n) is 8.73. The molecule has 0 aromatic heterocycles. The van der Waals surface area contributed by atoms with Crippen molar-refractivity contribution in [2.24, 2.45) is 5.73 Å². The van der Waals surface area contributed by atoms with Crippen LogP contribution < -0.4 is 10.5 Å². The number of benzene rings is 3. The van der Waals surface area contributed by atoms with E-state index in [1.54, 1.807) is 7.11 Å². The number of rotatable bonds is 6. The van der Waals surface area contributed by atoms with Crippen molar-refractivity contribution in [3.05, 3.63) is 101 Å². The van der Waals surface area contributed by atoms with Gasteiger partial charge in [0.1, 0.15) is 11.2 Å². The van der Waals surface area contributed by atoms with Gasteiger partial charge in [-0.3, -0.25) is 4.79 Å². The number of nitrogens with two attached hydrogens (primary N) is 1. The van der Waals surface area contributed by atoms with Gasteiger partial charge in [-0.2, -0.15) is 0 Å². The van der Waals surface area contributed by atoms with Crippen molar-refractivity contribution < 1.29 is 9.53 Å². The molecule has 26 heavy (non-hydrogen) atoms. The van der Waals surface area contributed by atoms with E-state index in [0.29, 0.717) is 5.75 Å². The molecule has 3 heteroatoms. The zero-order chi connectivity index (χ0) is 18.6. The molecule has 0 aliphatic carbocycles. The molecule has 0 radical (unpaired) electrons. The second-order valence-corrected chi connectivity index (χ2v) is 6.23. The summed E-state index contributed by atoms with van der Waals surface area (Å²) in [4.78, 5) is 13.1. The molecule has 0 saturated carbocycles. The van der Waals surface area contributed by atoms with Crippen LogP contribution in [0.1, 0.15) is 29.2 Å². The van der Waals surface area contributed by atoms with Crippen molar-refractivity contribution in [3.8, 4) is 5.75 Å². The minimum absolute atomic E-state index is 0.429. The molecule has 0 saturated heterocycles. The molecular weight excluding hydrogens is 322 g/mol. The second-order valence-electron chi connectivity index (χ2n) is 6.23. The van der Waals surface area contributed by atoms with Crippen LogP contribution in [0.2, 0.25) is 0 Å². The van der Waals surface area contributed by atoms with E-state index < -0.39 is 11.3 Å². The number of amides is 1. The summed E-state index contributed by atoms with van der Waals surface area (Å²) in [5.74, 6) is 0.218.